The zero-order valence-electron chi connectivity index (χ0n) is 44.6. The van der Waals surface area contributed by atoms with E-state index in [1.807, 2.05) is 78.9 Å². The summed E-state index contributed by atoms with van der Waals surface area (Å²) in [5, 5.41) is 32.2. The van der Waals surface area contributed by atoms with E-state index in [0.717, 1.165) is 63.8 Å². The van der Waals surface area contributed by atoms with Crippen LogP contribution in [0.15, 0.2) is 97.1 Å². The lowest BCUT2D eigenvalue weighted by Gasteiger charge is -2.12. The third kappa shape index (κ3) is 12.2. The number of phenolic OH excluding ortho intramolecular Hbond substituents is 3. The molecule has 3 aromatic heterocycles. The number of H-pyrrole nitrogens is 2. The highest BCUT2D eigenvalue weighted by molar-refractivity contribution is 6.00. The van der Waals surface area contributed by atoms with Crippen molar-refractivity contribution in [3.8, 4) is 90.5 Å². The lowest BCUT2D eigenvalue weighted by molar-refractivity contribution is -0.134. The number of carbonyl (C=O) groups is 1. The second-order valence-electron chi connectivity index (χ2n) is 19.5. The van der Waals surface area contributed by atoms with Crippen molar-refractivity contribution in [1.82, 2.24) is 19.9 Å². The number of fused-ring (bicyclic) bond motifs is 8. The van der Waals surface area contributed by atoms with Crippen molar-refractivity contribution in [2.24, 2.45) is 0 Å². The maximum absolute atomic E-state index is 13.3. The van der Waals surface area contributed by atoms with Gasteiger partial charge in [-0.15, -0.1) is 0 Å². The highest BCUT2D eigenvalue weighted by Gasteiger charge is 2.22. The van der Waals surface area contributed by atoms with Crippen LogP contribution in [0.1, 0.15) is 120 Å². The Labute approximate surface area is 449 Å². The summed E-state index contributed by atoms with van der Waals surface area (Å²) in [6, 6.07) is 29.0. The standard InChI is InChI=1S/C64H68N4O9/c1-6-7-8-9-10-11-12-13-14-15-16-17-18-19-60(72)77-55-35-23-43(39-59(55)76-5)64-50-30-28-48(67-50)62(41-21-33-53(70)57(37-41)74-3)46-26-24-44(65-46)61(40-20-32-52(69)56(36-40)73-2)45-25-27-47(66-45)63(49-29-31-51(64)68-49)42-22-34-54(71)58(38-42)75-4/h20-39,65,68-71H,6-19H2,1-5H3. The van der Waals surface area contributed by atoms with Gasteiger partial charge in [0, 0.05) is 50.7 Å². The number of nitrogens with zero attached hydrogens (tertiary/aromatic N) is 2. The van der Waals surface area contributed by atoms with Crippen LogP contribution in [0.25, 0.3) is 90.9 Å². The molecule has 13 nitrogen and oxygen atoms in total. The molecule has 0 spiro atoms. The van der Waals surface area contributed by atoms with Gasteiger partial charge in [-0.3, -0.25) is 4.79 Å². The number of hydrogen-bond donors (Lipinski definition) is 5. The van der Waals surface area contributed by atoms with Gasteiger partial charge in [-0.2, -0.15) is 0 Å². The molecular formula is C64H68N4O9. The zero-order valence-corrected chi connectivity index (χ0v) is 44.6. The normalized spacial score (nSPS) is 11.8. The topological polar surface area (TPSA) is 181 Å². The van der Waals surface area contributed by atoms with Gasteiger partial charge >= 0.3 is 5.97 Å². The van der Waals surface area contributed by atoms with Crippen molar-refractivity contribution in [1.29, 1.82) is 0 Å². The van der Waals surface area contributed by atoms with Gasteiger partial charge in [0.25, 0.3) is 0 Å². The fourth-order valence-corrected chi connectivity index (χ4v) is 10.3. The van der Waals surface area contributed by atoms with E-state index in [1.165, 1.54) is 85.5 Å². The number of aromatic hydroxyl groups is 3. The van der Waals surface area contributed by atoms with Crippen molar-refractivity contribution >= 4 is 52.3 Å². The zero-order chi connectivity index (χ0) is 53.8. The molecule has 398 valence electrons. The smallest absolute Gasteiger partial charge is 0.311 e. The van der Waals surface area contributed by atoms with E-state index in [-0.39, 0.29) is 23.2 Å². The van der Waals surface area contributed by atoms with E-state index in [1.54, 1.807) is 49.6 Å². The van der Waals surface area contributed by atoms with Gasteiger partial charge in [-0.25, -0.2) is 9.97 Å². The molecule has 0 fully saturated rings. The van der Waals surface area contributed by atoms with Crippen LogP contribution in [0.3, 0.4) is 0 Å². The molecule has 2 aliphatic rings. The van der Waals surface area contributed by atoms with Crippen molar-refractivity contribution in [3.05, 3.63) is 120 Å². The van der Waals surface area contributed by atoms with Crippen molar-refractivity contribution in [3.63, 3.8) is 0 Å². The average Bonchev–Trinajstić information content (AvgIpc) is 4.39. The number of carbonyl (C=O) groups excluding carboxylic acids is 1. The molecule has 13 heteroatoms. The summed E-state index contributed by atoms with van der Waals surface area (Å²) >= 11 is 0. The summed E-state index contributed by atoms with van der Waals surface area (Å²) in [6.07, 6.45) is 24.0. The minimum Gasteiger partial charge on any atom is -0.504 e. The first-order valence-corrected chi connectivity index (χ1v) is 26.8. The summed E-state index contributed by atoms with van der Waals surface area (Å²) in [5.41, 5.74) is 11.1. The second kappa shape index (κ2) is 24.9. The SMILES string of the molecule is CCCCCCCCCCCCCCCC(=O)Oc1ccc(-c2c3nc(c(-c4ccc(O)c(OC)c4)c4ccc([nH]4)c(-c4ccc(O)c(OC)c4)c4nc(c(-c5ccc(O)c(OC)c5)c5ccc2[nH]5)C=C4)C=C3)cc1OC. The number of hydrogen-bond acceptors (Lipinski definition) is 11. The van der Waals surface area contributed by atoms with E-state index in [2.05, 4.69) is 16.9 Å². The Morgan fingerprint density at radius 3 is 1.05 bits per heavy atom. The number of ether oxygens (including phenoxy) is 5. The fraction of sp³-hybridized carbons (Fsp3) is 0.297. The van der Waals surface area contributed by atoms with Crippen LogP contribution in [-0.2, 0) is 4.79 Å². The fourth-order valence-electron chi connectivity index (χ4n) is 10.3. The van der Waals surface area contributed by atoms with E-state index in [9.17, 15) is 20.1 Å². The van der Waals surface area contributed by atoms with Crippen LogP contribution in [0.2, 0.25) is 0 Å². The molecule has 77 heavy (non-hydrogen) atoms. The van der Waals surface area contributed by atoms with Crippen LogP contribution in [0.4, 0.5) is 0 Å². The van der Waals surface area contributed by atoms with Crippen LogP contribution in [0.5, 0.6) is 46.0 Å². The van der Waals surface area contributed by atoms with Crippen LogP contribution < -0.4 is 23.7 Å². The molecule has 0 amide bonds. The first kappa shape index (κ1) is 53.4. The number of benzene rings is 4. The number of aromatic nitrogens is 4. The first-order valence-electron chi connectivity index (χ1n) is 26.8. The minimum atomic E-state index is -0.306. The van der Waals surface area contributed by atoms with Crippen LogP contribution >= 0.6 is 0 Å². The van der Waals surface area contributed by atoms with Crippen LogP contribution in [0, 0.1) is 0 Å². The molecule has 0 aliphatic carbocycles. The van der Waals surface area contributed by atoms with Crippen LogP contribution in [-0.4, -0.2) is 69.7 Å². The quantitative estimate of drug-likeness (QED) is 0.0234. The van der Waals surface area contributed by atoms with Gasteiger partial charge in [-0.05, 0) is 126 Å². The molecule has 0 unspecified atom stereocenters. The lowest BCUT2D eigenvalue weighted by Crippen LogP contribution is -2.08. The van der Waals surface area contributed by atoms with Gasteiger partial charge in [0.2, 0.25) is 0 Å². The Hall–Kier alpha value is -8.45. The summed E-state index contributed by atoms with van der Waals surface area (Å²) in [6.45, 7) is 2.26. The largest absolute Gasteiger partial charge is 0.504 e. The number of methoxy groups -OCH3 is 4. The number of esters is 1. The molecule has 0 saturated heterocycles. The number of rotatable bonds is 23. The Kier molecular flexibility index (Phi) is 17.3. The Morgan fingerprint density at radius 1 is 0.403 bits per heavy atom. The molecular weight excluding hydrogens is 969 g/mol. The molecule has 4 aromatic carbocycles. The molecule has 8 bridgehead atoms. The summed E-state index contributed by atoms with van der Waals surface area (Å²) in [4.78, 5) is 31.4. The summed E-state index contributed by atoms with van der Waals surface area (Å²) in [7, 11) is 6.09. The summed E-state index contributed by atoms with van der Waals surface area (Å²) < 4.78 is 28.7. The molecule has 5 N–H and O–H groups in total. The predicted molar refractivity (Wildman–Crippen MR) is 308 cm³/mol. The van der Waals surface area contributed by atoms with E-state index in [4.69, 9.17) is 33.7 Å². The predicted octanol–water partition coefficient (Wildman–Crippen LogP) is 15.9. The molecule has 7 aromatic rings. The summed E-state index contributed by atoms with van der Waals surface area (Å²) in [5.74, 6) is 1.25. The first-order chi connectivity index (χ1) is 37.6. The average molecular weight is 1040 g/mol. The number of nitrogens with one attached hydrogen (secondary N) is 2. The maximum Gasteiger partial charge on any atom is 0.311 e. The Balaban J connectivity index is 1.16. The van der Waals surface area contributed by atoms with Gasteiger partial charge < -0.3 is 49.0 Å². The molecule has 5 heterocycles. The van der Waals surface area contributed by atoms with Gasteiger partial charge in [0.15, 0.2) is 46.0 Å². The Bertz CT molecular complexity index is 3450. The van der Waals surface area contributed by atoms with E-state index >= 15 is 0 Å². The Morgan fingerprint density at radius 2 is 0.714 bits per heavy atom. The number of unbranched alkanes of at least 4 members (excludes halogenated alkanes) is 12. The molecule has 0 atom stereocenters. The number of aromatic amines is 2. The molecule has 9 rings (SSSR count). The molecule has 0 radical (unpaired) electrons. The maximum atomic E-state index is 13.3. The monoisotopic (exact) mass is 1040 g/mol. The van der Waals surface area contributed by atoms with Gasteiger partial charge in [0.1, 0.15) is 0 Å². The van der Waals surface area contributed by atoms with Gasteiger partial charge in [-0.1, -0.05) is 108 Å². The molecule has 2 aliphatic heterocycles. The molecule has 0 saturated carbocycles. The van der Waals surface area contributed by atoms with Gasteiger partial charge in [0.05, 0.1) is 51.2 Å². The third-order valence-electron chi connectivity index (χ3n) is 14.3. The minimum absolute atomic E-state index is 0.00721. The van der Waals surface area contributed by atoms with Crippen molar-refractivity contribution in [2.45, 2.75) is 96.8 Å². The highest BCUT2D eigenvalue weighted by atomic mass is 16.6. The lowest BCUT2D eigenvalue weighted by atomic mass is 10.0. The van der Waals surface area contributed by atoms with E-state index in [0.29, 0.717) is 80.0 Å². The number of phenols is 3. The highest BCUT2D eigenvalue weighted by Crippen LogP contribution is 2.43. The second-order valence-corrected chi connectivity index (χ2v) is 19.5. The van der Waals surface area contributed by atoms with Crippen molar-refractivity contribution in [2.75, 3.05) is 28.4 Å². The van der Waals surface area contributed by atoms with Crippen molar-refractivity contribution < 1.29 is 43.8 Å². The van der Waals surface area contributed by atoms with E-state index < -0.39 is 0 Å². The third-order valence-corrected chi connectivity index (χ3v) is 14.3.